The van der Waals surface area contributed by atoms with Crippen molar-refractivity contribution in [2.24, 2.45) is 10.2 Å². The first-order valence-corrected chi connectivity index (χ1v) is 11.9. The average molecular weight is 509 g/mol. The molecule has 2 heterocycles. The van der Waals surface area contributed by atoms with Crippen LogP contribution in [0.1, 0.15) is 10.9 Å². The summed E-state index contributed by atoms with van der Waals surface area (Å²) < 4.78 is 18.5. The van der Waals surface area contributed by atoms with Crippen LogP contribution in [0.2, 0.25) is 5.15 Å². The molecule has 4 aromatic rings. The van der Waals surface area contributed by atoms with Gasteiger partial charge in [-0.1, -0.05) is 11.6 Å². The summed E-state index contributed by atoms with van der Waals surface area (Å²) in [6.45, 7) is 0. The Balaban J connectivity index is 1.56. The number of carbonyl (C=O) groups is 1. The maximum absolute atomic E-state index is 13.2. The smallest absolute Gasteiger partial charge is 0.238 e. The van der Waals surface area contributed by atoms with E-state index < -0.39 is 5.37 Å². The highest BCUT2D eigenvalue weighted by Gasteiger charge is 2.37. The van der Waals surface area contributed by atoms with Gasteiger partial charge in [-0.25, -0.2) is 9.37 Å². The molecule has 35 heavy (non-hydrogen) atoms. The number of aromatic hydroxyl groups is 1. The van der Waals surface area contributed by atoms with Crippen molar-refractivity contribution < 1.29 is 19.0 Å². The summed E-state index contributed by atoms with van der Waals surface area (Å²) in [6.07, 6.45) is 0. The Bertz CT molecular complexity index is 1470. The van der Waals surface area contributed by atoms with E-state index in [0.29, 0.717) is 33.9 Å². The van der Waals surface area contributed by atoms with Gasteiger partial charge in [-0.15, -0.1) is 16.9 Å². The van der Waals surface area contributed by atoms with Crippen molar-refractivity contribution >= 4 is 57.2 Å². The van der Waals surface area contributed by atoms with Gasteiger partial charge in [-0.3, -0.25) is 9.69 Å². The number of phenolic OH excluding ortho intramolecular Hbond substituents is 1. The van der Waals surface area contributed by atoms with Crippen molar-refractivity contribution in [3.8, 4) is 11.5 Å². The second-order valence-corrected chi connectivity index (χ2v) is 9.13. The topological polar surface area (TPSA) is 87.4 Å². The van der Waals surface area contributed by atoms with Crippen LogP contribution in [0.5, 0.6) is 11.5 Å². The molecule has 5 rings (SSSR count). The number of hydrogen-bond donors (Lipinski definition) is 1. The van der Waals surface area contributed by atoms with E-state index in [9.17, 15) is 14.3 Å². The predicted octanol–water partition coefficient (Wildman–Crippen LogP) is 6.94. The number of carbonyl (C=O) groups excluding carboxylic acids is 1. The first-order chi connectivity index (χ1) is 16.9. The number of halogens is 2. The van der Waals surface area contributed by atoms with Crippen LogP contribution in [-0.4, -0.2) is 28.9 Å². The minimum Gasteiger partial charge on any atom is -0.508 e. The van der Waals surface area contributed by atoms with Crippen LogP contribution < -0.4 is 9.64 Å². The largest absolute Gasteiger partial charge is 0.508 e. The molecule has 3 aromatic carbocycles. The standard InChI is InChI=1S/C25H18ClFN4O3S/c1-34-18-8-2-14-10-19(24(26)28-21(14)12-18)25-31(23(33)13-35-25)22-11-17(32)7-9-20(22)30-29-16-5-3-15(27)4-6-16/h2-12,25,32H,13H2,1H3. The van der Waals surface area contributed by atoms with Gasteiger partial charge in [0.15, 0.2) is 0 Å². The fourth-order valence-electron chi connectivity index (χ4n) is 3.76. The number of phenols is 1. The van der Waals surface area contributed by atoms with Crippen molar-refractivity contribution in [2.75, 3.05) is 17.8 Å². The molecule has 10 heteroatoms. The molecule has 1 aliphatic heterocycles. The molecule has 7 nitrogen and oxygen atoms in total. The second-order valence-electron chi connectivity index (χ2n) is 7.70. The molecule has 1 amide bonds. The number of benzene rings is 3. The second kappa shape index (κ2) is 9.52. The molecule has 0 radical (unpaired) electrons. The number of methoxy groups -OCH3 is 1. The van der Waals surface area contributed by atoms with Gasteiger partial charge in [-0.2, -0.15) is 5.11 Å². The van der Waals surface area contributed by atoms with E-state index in [2.05, 4.69) is 15.2 Å². The lowest BCUT2D eigenvalue weighted by Gasteiger charge is -2.26. The van der Waals surface area contributed by atoms with Crippen LogP contribution in [0.25, 0.3) is 10.9 Å². The highest BCUT2D eigenvalue weighted by atomic mass is 35.5. The van der Waals surface area contributed by atoms with Crippen molar-refractivity contribution in [1.82, 2.24) is 4.98 Å². The minimum atomic E-state index is -0.490. The van der Waals surface area contributed by atoms with E-state index in [1.165, 1.54) is 48.2 Å². The monoisotopic (exact) mass is 508 g/mol. The summed E-state index contributed by atoms with van der Waals surface area (Å²) in [6, 6.07) is 17.4. The summed E-state index contributed by atoms with van der Waals surface area (Å²) in [5.74, 6) is 0.299. The molecule has 1 fully saturated rings. The number of fused-ring (bicyclic) bond motifs is 1. The van der Waals surface area contributed by atoms with Crippen LogP contribution in [0.4, 0.5) is 21.5 Å². The summed E-state index contributed by atoms with van der Waals surface area (Å²) in [5.41, 5.74) is 2.51. The number of aromatic nitrogens is 1. The first kappa shape index (κ1) is 23.1. The van der Waals surface area contributed by atoms with Crippen LogP contribution in [0, 0.1) is 5.82 Å². The number of pyridine rings is 1. The van der Waals surface area contributed by atoms with Crippen LogP contribution in [0.3, 0.4) is 0 Å². The molecule has 1 N–H and O–H groups in total. The summed E-state index contributed by atoms with van der Waals surface area (Å²) in [7, 11) is 1.58. The normalized spacial score (nSPS) is 15.9. The van der Waals surface area contributed by atoms with Crippen LogP contribution >= 0.6 is 23.4 Å². The van der Waals surface area contributed by atoms with E-state index in [4.69, 9.17) is 16.3 Å². The number of amides is 1. The van der Waals surface area contributed by atoms with Crippen LogP contribution in [-0.2, 0) is 4.79 Å². The maximum Gasteiger partial charge on any atom is 0.238 e. The van der Waals surface area contributed by atoms with E-state index >= 15 is 0 Å². The van der Waals surface area contributed by atoms with Crippen LogP contribution in [0.15, 0.2) is 77.0 Å². The summed E-state index contributed by atoms with van der Waals surface area (Å²) >= 11 is 7.98. The number of ether oxygens (including phenoxy) is 1. The average Bonchev–Trinajstić information content (AvgIpc) is 3.24. The Morgan fingerprint density at radius 2 is 1.91 bits per heavy atom. The molecule has 0 aliphatic carbocycles. The Morgan fingerprint density at radius 3 is 2.69 bits per heavy atom. The third-order valence-corrected chi connectivity index (χ3v) is 6.95. The van der Waals surface area contributed by atoms with Crippen molar-refractivity contribution in [3.05, 3.63) is 83.3 Å². The predicted molar refractivity (Wildman–Crippen MR) is 135 cm³/mol. The molecule has 1 aromatic heterocycles. The lowest BCUT2D eigenvalue weighted by atomic mass is 10.1. The quantitative estimate of drug-likeness (QED) is 0.233. The third kappa shape index (κ3) is 4.65. The summed E-state index contributed by atoms with van der Waals surface area (Å²) in [4.78, 5) is 19.1. The SMILES string of the molecule is COc1ccc2cc(C3SCC(=O)N3c3cc(O)ccc3N=Nc3ccc(F)cc3)c(Cl)nc2c1. The fourth-order valence-corrected chi connectivity index (χ4v) is 5.26. The van der Waals surface area contributed by atoms with Gasteiger partial charge in [-0.05, 0) is 54.6 Å². The van der Waals surface area contributed by atoms with Gasteiger partial charge >= 0.3 is 0 Å². The molecule has 0 spiro atoms. The Morgan fingerprint density at radius 1 is 1.11 bits per heavy atom. The molecule has 1 unspecified atom stereocenters. The van der Waals surface area contributed by atoms with E-state index in [0.717, 1.165) is 5.39 Å². The molecule has 1 aliphatic rings. The first-order valence-electron chi connectivity index (χ1n) is 10.5. The van der Waals surface area contributed by atoms with Gasteiger partial charge in [0.2, 0.25) is 5.91 Å². The molecule has 1 atom stereocenters. The molecule has 0 saturated carbocycles. The number of rotatable bonds is 5. The number of azo groups is 1. The molecular weight excluding hydrogens is 491 g/mol. The van der Waals surface area contributed by atoms with Crippen molar-refractivity contribution in [3.63, 3.8) is 0 Å². The molecule has 176 valence electrons. The van der Waals surface area contributed by atoms with Gasteiger partial charge in [0.1, 0.15) is 33.5 Å². The van der Waals surface area contributed by atoms with Gasteiger partial charge in [0.05, 0.1) is 29.8 Å². The molecular formula is C25H18ClFN4O3S. The summed E-state index contributed by atoms with van der Waals surface area (Å²) in [5, 5.41) is 19.2. The van der Waals surface area contributed by atoms with E-state index in [-0.39, 0.29) is 28.4 Å². The Hall–Kier alpha value is -3.69. The van der Waals surface area contributed by atoms with Gasteiger partial charge < -0.3 is 9.84 Å². The fraction of sp³-hybridized carbons (Fsp3) is 0.120. The van der Waals surface area contributed by atoms with Gasteiger partial charge in [0, 0.05) is 23.1 Å². The zero-order valence-electron chi connectivity index (χ0n) is 18.4. The molecule has 1 saturated heterocycles. The number of thioether (sulfide) groups is 1. The van der Waals surface area contributed by atoms with Gasteiger partial charge in [0.25, 0.3) is 0 Å². The number of nitrogens with zero attached hydrogens (tertiary/aromatic N) is 4. The zero-order valence-corrected chi connectivity index (χ0v) is 19.9. The number of hydrogen-bond acceptors (Lipinski definition) is 7. The van der Waals surface area contributed by atoms with E-state index in [1.54, 1.807) is 24.1 Å². The maximum atomic E-state index is 13.2. The Kier molecular flexibility index (Phi) is 6.27. The van der Waals surface area contributed by atoms with Crippen molar-refractivity contribution in [2.45, 2.75) is 5.37 Å². The zero-order chi connectivity index (χ0) is 24.5. The minimum absolute atomic E-state index is 0.0287. The van der Waals surface area contributed by atoms with E-state index in [1.807, 2.05) is 18.2 Å². The Labute approximate surface area is 209 Å². The highest BCUT2D eigenvalue weighted by Crippen LogP contribution is 2.48. The number of anilines is 1. The lowest BCUT2D eigenvalue weighted by molar-refractivity contribution is -0.115. The van der Waals surface area contributed by atoms with Crippen molar-refractivity contribution in [1.29, 1.82) is 0 Å². The highest BCUT2D eigenvalue weighted by molar-refractivity contribution is 8.00. The lowest BCUT2D eigenvalue weighted by Crippen LogP contribution is -2.28. The third-order valence-electron chi connectivity index (χ3n) is 5.46. The molecule has 0 bridgehead atoms.